The third-order valence-electron chi connectivity index (χ3n) is 4.63. The van der Waals surface area contributed by atoms with Crippen LogP contribution in [0.3, 0.4) is 0 Å². The fraction of sp³-hybridized carbons (Fsp3) is 0.316. The van der Waals surface area contributed by atoms with E-state index in [0.29, 0.717) is 13.1 Å². The van der Waals surface area contributed by atoms with Crippen molar-refractivity contribution in [2.24, 2.45) is 5.73 Å². The van der Waals surface area contributed by atoms with Crippen molar-refractivity contribution in [3.05, 3.63) is 51.0 Å². The van der Waals surface area contributed by atoms with Crippen LogP contribution in [0.4, 0.5) is 10.1 Å². The molecule has 1 aliphatic rings. The summed E-state index contributed by atoms with van der Waals surface area (Å²) in [6, 6.07) is 4.39. The molecule has 1 aromatic carbocycles. The van der Waals surface area contributed by atoms with Gasteiger partial charge >= 0.3 is 0 Å². The molecule has 27 heavy (non-hydrogen) atoms. The summed E-state index contributed by atoms with van der Waals surface area (Å²) in [5, 5.41) is 4.58. The van der Waals surface area contributed by atoms with E-state index >= 15 is 0 Å². The number of nitrogens with one attached hydrogen (secondary N) is 1. The summed E-state index contributed by atoms with van der Waals surface area (Å²) in [5.74, 6) is -1.91. The minimum absolute atomic E-state index is 0.0202. The molecule has 3 N–H and O–H groups in total. The molecule has 0 radical (unpaired) electrons. The zero-order valence-electron chi connectivity index (χ0n) is 14.9. The van der Waals surface area contributed by atoms with Crippen molar-refractivity contribution in [3.63, 3.8) is 0 Å². The van der Waals surface area contributed by atoms with Crippen LogP contribution in [0.2, 0.25) is 0 Å². The van der Waals surface area contributed by atoms with Gasteiger partial charge in [-0.15, -0.1) is 11.3 Å². The Morgan fingerprint density at radius 3 is 2.81 bits per heavy atom. The molecule has 2 heterocycles. The number of halogens is 1. The summed E-state index contributed by atoms with van der Waals surface area (Å²) in [6.07, 6.45) is 0.888. The van der Waals surface area contributed by atoms with Gasteiger partial charge in [-0.25, -0.2) is 4.39 Å². The van der Waals surface area contributed by atoms with E-state index in [-0.39, 0.29) is 35.6 Å². The van der Waals surface area contributed by atoms with Crippen LogP contribution in [0.5, 0.6) is 0 Å². The normalized spacial score (nSPS) is 13.2. The number of carbonyl (C=O) groups excluding carboxylic acids is 3. The van der Waals surface area contributed by atoms with Gasteiger partial charge in [-0.3, -0.25) is 14.4 Å². The maximum Gasteiger partial charge on any atom is 0.248 e. The van der Waals surface area contributed by atoms with Crippen LogP contribution >= 0.6 is 11.3 Å². The highest BCUT2D eigenvalue weighted by atomic mass is 32.1. The molecule has 0 atom stereocenters. The van der Waals surface area contributed by atoms with Gasteiger partial charge in [-0.1, -0.05) is 0 Å². The first kappa shape index (κ1) is 19.0. The van der Waals surface area contributed by atoms with Crippen LogP contribution in [-0.4, -0.2) is 29.2 Å². The molecule has 0 spiro atoms. The zero-order valence-corrected chi connectivity index (χ0v) is 15.7. The average molecular weight is 389 g/mol. The van der Waals surface area contributed by atoms with Crippen LogP contribution in [0.1, 0.15) is 39.2 Å². The third kappa shape index (κ3) is 4.33. The van der Waals surface area contributed by atoms with Crippen molar-refractivity contribution in [2.45, 2.75) is 32.7 Å². The number of hydrogen-bond acceptors (Lipinski definition) is 4. The Kier molecular flexibility index (Phi) is 5.55. The number of thiophene rings is 1. The van der Waals surface area contributed by atoms with Crippen molar-refractivity contribution in [1.29, 1.82) is 0 Å². The van der Waals surface area contributed by atoms with Gasteiger partial charge in [0.1, 0.15) is 5.82 Å². The third-order valence-corrected chi connectivity index (χ3v) is 5.65. The number of fused-ring (bicyclic) bond motifs is 1. The monoisotopic (exact) mass is 389 g/mol. The molecule has 1 aromatic heterocycles. The quantitative estimate of drug-likeness (QED) is 0.823. The summed E-state index contributed by atoms with van der Waals surface area (Å²) in [4.78, 5) is 38.9. The smallest absolute Gasteiger partial charge is 0.248 e. The van der Waals surface area contributed by atoms with Crippen molar-refractivity contribution >= 4 is 34.7 Å². The molecule has 1 aliphatic heterocycles. The molecule has 0 bridgehead atoms. The largest absolute Gasteiger partial charge is 0.366 e. The lowest BCUT2D eigenvalue weighted by molar-refractivity contribution is -0.133. The summed E-state index contributed by atoms with van der Waals surface area (Å²) in [7, 11) is 0. The first-order valence-corrected chi connectivity index (χ1v) is 9.46. The second-order valence-corrected chi connectivity index (χ2v) is 7.48. The highest BCUT2D eigenvalue weighted by molar-refractivity contribution is 7.10. The number of benzene rings is 1. The lowest BCUT2D eigenvalue weighted by atomic mass is 10.1. The van der Waals surface area contributed by atoms with Gasteiger partial charge in [0.25, 0.3) is 0 Å². The van der Waals surface area contributed by atoms with Crippen LogP contribution in [-0.2, 0) is 22.6 Å². The summed E-state index contributed by atoms with van der Waals surface area (Å²) in [5.41, 5.74) is 6.70. The molecular weight excluding hydrogens is 369 g/mol. The van der Waals surface area contributed by atoms with Gasteiger partial charge in [0.2, 0.25) is 17.7 Å². The topological polar surface area (TPSA) is 92.5 Å². The predicted molar refractivity (Wildman–Crippen MR) is 101 cm³/mol. The van der Waals surface area contributed by atoms with E-state index in [1.54, 1.807) is 16.2 Å². The van der Waals surface area contributed by atoms with Gasteiger partial charge in [-0.05, 0) is 42.5 Å². The van der Waals surface area contributed by atoms with E-state index in [9.17, 15) is 18.8 Å². The maximum atomic E-state index is 13.9. The lowest BCUT2D eigenvalue weighted by Crippen LogP contribution is -2.35. The fourth-order valence-electron chi connectivity index (χ4n) is 3.00. The van der Waals surface area contributed by atoms with Crippen LogP contribution < -0.4 is 11.1 Å². The Hall–Kier alpha value is -2.74. The van der Waals surface area contributed by atoms with E-state index in [0.717, 1.165) is 12.5 Å². The van der Waals surface area contributed by atoms with Crippen LogP contribution in [0.15, 0.2) is 23.6 Å². The van der Waals surface area contributed by atoms with Gasteiger partial charge in [0, 0.05) is 47.6 Å². The molecule has 0 saturated carbocycles. The Morgan fingerprint density at radius 1 is 1.30 bits per heavy atom. The molecule has 3 rings (SSSR count). The van der Waals surface area contributed by atoms with Crippen molar-refractivity contribution in [3.8, 4) is 0 Å². The van der Waals surface area contributed by atoms with Gasteiger partial charge in [-0.2, -0.15) is 0 Å². The number of nitrogens with two attached hydrogens (primary N) is 1. The molecule has 0 fully saturated rings. The first-order valence-electron chi connectivity index (χ1n) is 8.58. The summed E-state index contributed by atoms with van der Waals surface area (Å²) in [6.45, 7) is 2.72. The number of hydrogen-bond donors (Lipinski definition) is 2. The van der Waals surface area contributed by atoms with E-state index in [2.05, 4.69) is 5.32 Å². The molecule has 0 aliphatic carbocycles. The molecule has 142 valence electrons. The molecule has 8 heteroatoms. The Labute approximate surface area is 160 Å². The second kappa shape index (κ2) is 7.87. The molecule has 0 saturated heterocycles. The highest BCUT2D eigenvalue weighted by Gasteiger charge is 2.22. The number of primary amides is 1. The molecule has 2 aromatic rings. The predicted octanol–water partition coefficient (Wildman–Crippen LogP) is 2.60. The van der Waals surface area contributed by atoms with E-state index in [1.165, 1.54) is 23.4 Å². The Bertz CT molecular complexity index is 910. The highest BCUT2D eigenvalue weighted by Crippen LogP contribution is 2.25. The molecule has 6 nitrogen and oxygen atoms in total. The van der Waals surface area contributed by atoms with Gasteiger partial charge < -0.3 is 16.0 Å². The van der Waals surface area contributed by atoms with E-state index < -0.39 is 17.6 Å². The first-order chi connectivity index (χ1) is 12.8. The number of amides is 3. The molecule has 3 amide bonds. The molecule has 0 unspecified atom stereocenters. The Balaban J connectivity index is 1.57. The Morgan fingerprint density at radius 2 is 2.07 bits per heavy atom. The lowest BCUT2D eigenvalue weighted by Gasteiger charge is -2.27. The number of carbonyl (C=O) groups is 3. The van der Waals surface area contributed by atoms with Crippen LogP contribution in [0, 0.1) is 12.7 Å². The number of rotatable bonds is 5. The van der Waals surface area contributed by atoms with Crippen molar-refractivity contribution < 1.29 is 18.8 Å². The van der Waals surface area contributed by atoms with E-state index in [1.807, 2.05) is 11.4 Å². The summed E-state index contributed by atoms with van der Waals surface area (Å²) < 4.78 is 13.9. The molecular formula is C19H20FN3O3S. The van der Waals surface area contributed by atoms with Crippen molar-refractivity contribution in [1.82, 2.24) is 4.90 Å². The zero-order chi connectivity index (χ0) is 19.6. The summed E-state index contributed by atoms with van der Waals surface area (Å²) >= 11 is 1.70. The average Bonchev–Trinajstić information content (AvgIpc) is 3.10. The SMILES string of the molecule is Cc1c(F)cc(C(N)=O)cc1NC(=O)CCC(=O)N1CCc2sccc2C1. The number of nitrogens with zero attached hydrogens (tertiary/aromatic N) is 1. The second-order valence-electron chi connectivity index (χ2n) is 6.48. The maximum absolute atomic E-state index is 13.9. The van der Waals surface area contributed by atoms with E-state index in [4.69, 9.17) is 5.73 Å². The van der Waals surface area contributed by atoms with Gasteiger partial charge in [0.05, 0.1) is 0 Å². The minimum Gasteiger partial charge on any atom is -0.366 e. The minimum atomic E-state index is -0.780. The standard InChI is InChI=1S/C19H20FN3O3S/c1-11-14(20)8-13(19(21)26)9-15(11)22-17(24)2-3-18(25)23-6-4-16-12(10-23)5-7-27-16/h5,7-9H,2-4,6,10H2,1H3,(H2,21,26)(H,22,24). The van der Waals surface area contributed by atoms with Crippen molar-refractivity contribution in [2.75, 3.05) is 11.9 Å². The number of anilines is 1. The fourth-order valence-corrected chi connectivity index (χ4v) is 3.89. The van der Waals surface area contributed by atoms with Gasteiger partial charge in [0.15, 0.2) is 0 Å². The van der Waals surface area contributed by atoms with Crippen LogP contribution in [0.25, 0.3) is 0 Å².